The van der Waals surface area contributed by atoms with Crippen LogP contribution in [-0.2, 0) is 15.3 Å². The van der Waals surface area contributed by atoms with E-state index in [0.29, 0.717) is 43.0 Å². The van der Waals surface area contributed by atoms with Crippen LogP contribution in [0.2, 0.25) is 0 Å². The normalized spacial score (nSPS) is 15.1. The minimum atomic E-state index is -4.19. The maximum absolute atomic E-state index is 14.2. The highest BCUT2D eigenvalue weighted by atomic mass is 32.2. The monoisotopic (exact) mass is 621 g/mol. The standard InChI is InChI=1S/C33H37F2N5O3S/c1-21-9-11-23(12-10-21)40-30(20-29(39-40)33(2,3)4)38-32(41)37-28-8-6-5-7-25(28)31(22-15-17-36-18-16-22)44(42,43)24-13-14-26(34)27(35)19-24/h5-14,19-20,22,31,36H,15-18H2,1-4H3,(H2,37,38,41). The molecule has 232 valence electrons. The molecule has 0 bridgehead atoms. The molecule has 0 aliphatic carbocycles. The van der Waals surface area contributed by atoms with Crippen molar-refractivity contribution in [2.24, 2.45) is 5.92 Å². The van der Waals surface area contributed by atoms with Crippen LogP contribution in [0.5, 0.6) is 0 Å². The Kier molecular flexibility index (Phi) is 8.90. The van der Waals surface area contributed by atoms with E-state index in [9.17, 15) is 22.0 Å². The maximum atomic E-state index is 14.2. The summed E-state index contributed by atoms with van der Waals surface area (Å²) in [4.78, 5) is 13.2. The van der Waals surface area contributed by atoms with Gasteiger partial charge in [0.15, 0.2) is 21.5 Å². The predicted molar refractivity (Wildman–Crippen MR) is 168 cm³/mol. The smallest absolute Gasteiger partial charge is 0.317 e. The number of rotatable bonds is 7. The number of para-hydroxylation sites is 1. The number of anilines is 2. The van der Waals surface area contributed by atoms with Crippen molar-refractivity contribution in [2.75, 3.05) is 23.7 Å². The largest absolute Gasteiger partial charge is 0.324 e. The highest BCUT2D eigenvalue weighted by molar-refractivity contribution is 7.91. The van der Waals surface area contributed by atoms with Crippen LogP contribution in [0.3, 0.4) is 0 Å². The Labute approximate surface area is 256 Å². The Balaban J connectivity index is 1.50. The fourth-order valence-corrected chi connectivity index (χ4v) is 7.61. The third kappa shape index (κ3) is 6.68. The van der Waals surface area contributed by atoms with E-state index < -0.39 is 32.8 Å². The first-order valence-corrected chi connectivity index (χ1v) is 16.1. The van der Waals surface area contributed by atoms with Crippen molar-refractivity contribution in [2.45, 2.75) is 56.1 Å². The molecule has 1 aliphatic heterocycles. The molecule has 0 saturated carbocycles. The molecule has 1 fully saturated rings. The quantitative estimate of drug-likeness (QED) is 0.195. The van der Waals surface area contributed by atoms with Crippen molar-refractivity contribution in [1.29, 1.82) is 0 Å². The number of aromatic nitrogens is 2. The van der Waals surface area contributed by atoms with E-state index in [4.69, 9.17) is 5.10 Å². The number of carbonyl (C=O) groups is 1. The third-order valence-corrected chi connectivity index (χ3v) is 10.1. The minimum Gasteiger partial charge on any atom is -0.317 e. The van der Waals surface area contributed by atoms with Crippen LogP contribution in [0.25, 0.3) is 5.69 Å². The highest BCUT2D eigenvalue weighted by Gasteiger charge is 2.38. The first-order chi connectivity index (χ1) is 20.8. The van der Waals surface area contributed by atoms with Crippen LogP contribution in [0, 0.1) is 24.5 Å². The average molecular weight is 622 g/mol. The summed E-state index contributed by atoms with van der Waals surface area (Å²) in [6.45, 7) is 9.31. The lowest BCUT2D eigenvalue weighted by atomic mass is 9.89. The zero-order valence-electron chi connectivity index (χ0n) is 25.2. The predicted octanol–water partition coefficient (Wildman–Crippen LogP) is 6.92. The molecule has 1 aliphatic rings. The van der Waals surface area contributed by atoms with Gasteiger partial charge in [-0.3, -0.25) is 5.32 Å². The zero-order valence-corrected chi connectivity index (χ0v) is 26.0. The SMILES string of the molecule is Cc1ccc(-n2nc(C(C)(C)C)cc2NC(=O)Nc2ccccc2C(C2CCNCC2)S(=O)(=O)c2ccc(F)c(F)c2)cc1. The van der Waals surface area contributed by atoms with Crippen LogP contribution >= 0.6 is 0 Å². The second-order valence-corrected chi connectivity index (χ2v) is 14.3. The molecule has 44 heavy (non-hydrogen) atoms. The Morgan fingerprint density at radius 1 is 0.955 bits per heavy atom. The van der Waals surface area contributed by atoms with Gasteiger partial charge in [0.25, 0.3) is 0 Å². The minimum absolute atomic E-state index is 0.286. The van der Waals surface area contributed by atoms with Gasteiger partial charge in [-0.05, 0) is 80.7 Å². The molecule has 11 heteroatoms. The molecule has 5 rings (SSSR count). The summed E-state index contributed by atoms with van der Waals surface area (Å²) in [7, 11) is -4.19. The van der Waals surface area contributed by atoms with Crippen LogP contribution in [0.15, 0.2) is 77.7 Å². The summed E-state index contributed by atoms with van der Waals surface area (Å²) >= 11 is 0. The van der Waals surface area contributed by atoms with E-state index in [2.05, 4.69) is 16.0 Å². The van der Waals surface area contributed by atoms with Gasteiger partial charge in [0.1, 0.15) is 5.82 Å². The topological polar surface area (TPSA) is 105 Å². The molecule has 1 saturated heterocycles. The molecule has 2 amide bonds. The maximum Gasteiger partial charge on any atom is 0.324 e. The zero-order chi connectivity index (χ0) is 31.6. The van der Waals surface area contributed by atoms with Gasteiger partial charge in [-0.2, -0.15) is 5.10 Å². The molecule has 2 heterocycles. The number of urea groups is 1. The number of benzene rings is 3. The van der Waals surface area contributed by atoms with Crippen molar-refractivity contribution >= 4 is 27.4 Å². The number of sulfone groups is 1. The molecule has 0 spiro atoms. The number of halogens is 2. The summed E-state index contributed by atoms with van der Waals surface area (Å²) < 4.78 is 57.8. The number of nitrogens with one attached hydrogen (secondary N) is 3. The molecule has 3 N–H and O–H groups in total. The summed E-state index contributed by atoms with van der Waals surface area (Å²) in [5.74, 6) is -2.24. The van der Waals surface area contributed by atoms with Crippen molar-refractivity contribution in [1.82, 2.24) is 15.1 Å². The highest BCUT2D eigenvalue weighted by Crippen LogP contribution is 2.42. The number of aryl methyl sites for hydroxylation is 1. The van der Waals surface area contributed by atoms with Gasteiger partial charge in [-0.25, -0.2) is 26.7 Å². The van der Waals surface area contributed by atoms with Gasteiger partial charge in [-0.15, -0.1) is 0 Å². The van der Waals surface area contributed by atoms with Gasteiger partial charge in [0.2, 0.25) is 0 Å². The van der Waals surface area contributed by atoms with Crippen molar-refractivity contribution in [3.63, 3.8) is 0 Å². The van der Waals surface area contributed by atoms with Crippen molar-refractivity contribution in [3.05, 3.63) is 101 Å². The van der Waals surface area contributed by atoms with Gasteiger partial charge in [0.05, 0.1) is 21.5 Å². The van der Waals surface area contributed by atoms with Crippen LogP contribution in [-0.4, -0.2) is 37.3 Å². The lowest BCUT2D eigenvalue weighted by molar-refractivity contribution is 0.262. The van der Waals surface area contributed by atoms with Crippen LogP contribution < -0.4 is 16.0 Å². The van der Waals surface area contributed by atoms with E-state index in [0.717, 1.165) is 35.1 Å². The lowest BCUT2D eigenvalue weighted by Gasteiger charge is -2.32. The molecular weight excluding hydrogens is 584 g/mol. The molecule has 1 aromatic heterocycles. The Morgan fingerprint density at radius 2 is 1.64 bits per heavy atom. The summed E-state index contributed by atoms with van der Waals surface area (Å²) in [6.07, 6.45) is 1.11. The van der Waals surface area contributed by atoms with E-state index in [1.54, 1.807) is 28.9 Å². The molecule has 4 aromatic rings. The van der Waals surface area contributed by atoms with Gasteiger partial charge in [0, 0.05) is 17.2 Å². The molecular formula is C33H37F2N5O3S. The van der Waals surface area contributed by atoms with E-state index in [1.165, 1.54) is 0 Å². The molecule has 8 nitrogen and oxygen atoms in total. The van der Waals surface area contributed by atoms with Gasteiger partial charge in [-0.1, -0.05) is 56.7 Å². The third-order valence-electron chi connectivity index (χ3n) is 7.88. The Bertz CT molecular complexity index is 1760. The van der Waals surface area contributed by atoms with Crippen LogP contribution in [0.4, 0.5) is 25.1 Å². The number of amides is 2. The summed E-state index contributed by atoms with van der Waals surface area (Å²) in [5, 5.41) is 12.7. The number of nitrogens with zero attached hydrogens (tertiary/aromatic N) is 2. The van der Waals surface area contributed by atoms with E-state index in [1.807, 2.05) is 58.0 Å². The summed E-state index contributed by atoms with van der Waals surface area (Å²) in [5.41, 5.74) is 3.02. The van der Waals surface area contributed by atoms with Gasteiger partial charge < -0.3 is 10.6 Å². The second-order valence-electron chi connectivity index (χ2n) is 12.2. The second kappa shape index (κ2) is 12.5. The summed E-state index contributed by atoms with van der Waals surface area (Å²) in [6, 6.07) is 18.3. The number of hydrogen-bond donors (Lipinski definition) is 3. The Morgan fingerprint density at radius 3 is 2.30 bits per heavy atom. The van der Waals surface area contributed by atoms with Crippen LogP contribution in [0.1, 0.15) is 55.7 Å². The Hall–Kier alpha value is -4.09. The fourth-order valence-electron chi connectivity index (χ4n) is 5.47. The number of carbonyl (C=O) groups excluding carboxylic acids is 1. The first kappa shape index (κ1) is 31.3. The average Bonchev–Trinajstić information content (AvgIpc) is 3.40. The van der Waals surface area contributed by atoms with E-state index >= 15 is 0 Å². The first-order valence-electron chi connectivity index (χ1n) is 14.6. The van der Waals surface area contributed by atoms with Gasteiger partial charge >= 0.3 is 6.03 Å². The molecule has 3 aromatic carbocycles. The van der Waals surface area contributed by atoms with Crippen molar-refractivity contribution in [3.8, 4) is 5.69 Å². The molecule has 0 radical (unpaired) electrons. The van der Waals surface area contributed by atoms with E-state index in [-0.39, 0.29) is 16.2 Å². The lowest BCUT2D eigenvalue weighted by Crippen LogP contribution is -2.34. The molecule has 1 atom stereocenters. The van der Waals surface area contributed by atoms with Crippen molar-refractivity contribution < 1.29 is 22.0 Å². The molecule has 1 unspecified atom stereocenters. The number of hydrogen-bond acceptors (Lipinski definition) is 5. The fraction of sp³-hybridized carbons (Fsp3) is 0.333. The number of piperidine rings is 1.